The van der Waals surface area contributed by atoms with Gasteiger partial charge in [0, 0.05) is 53.6 Å². The Kier molecular flexibility index (Phi) is 9.44. The van der Waals surface area contributed by atoms with Gasteiger partial charge in [-0.05, 0) is 61.0 Å². The SMILES string of the molecule is C[C@H]1[C@H]([Si](C)(C)O)[C@@H](CCn2cc(C(CO)c3ccccc3)nn2)O[C@]12C(=O)N(Cc1cccc(N3CCNCC3=O)c1)c1ccc(Cl)cc12. The predicted molar refractivity (Wildman–Crippen MR) is 193 cm³/mol. The summed E-state index contributed by atoms with van der Waals surface area (Å²) in [5.74, 6) is -0.818. The molecule has 3 N–H and O–H groups in total. The lowest BCUT2D eigenvalue weighted by Gasteiger charge is -2.32. The van der Waals surface area contributed by atoms with Crippen LogP contribution in [-0.4, -0.2) is 77.4 Å². The van der Waals surface area contributed by atoms with E-state index in [9.17, 15) is 19.5 Å². The van der Waals surface area contributed by atoms with Gasteiger partial charge in [-0.2, -0.15) is 0 Å². The number of hydrogen-bond donors (Lipinski definition) is 3. The number of carbonyl (C=O) groups excluding carboxylic acids is 2. The summed E-state index contributed by atoms with van der Waals surface area (Å²) in [6, 6.07) is 23.0. The van der Waals surface area contributed by atoms with Crippen molar-refractivity contribution in [1.82, 2.24) is 20.3 Å². The van der Waals surface area contributed by atoms with Crippen molar-refractivity contribution in [3.8, 4) is 0 Å². The van der Waals surface area contributed by atoms with Crippen LogP contribution in [0.5, 0.6) is 0 Å². The first-order valence-corrected chi connectivity index (χ1v) is 20.6. The minimum absolute atomic E-state index is 0.0113. The van der Waals surface area contributed by atoms with Crippen LogP contribution in [0.3, 0.4) is 0 Å². The number of amides is 2. The molecule has 5 atom stereocenters. The number of fused-ring (bicyclic) bond motifs is 2. The molecule has 50 heavy (non-hydrogen) atoms. The van der Waals surface area contributed by atoms with Crippen LogP contribution in [0, 0.1) is 5.92 Å². The van der Waals surface area contributed by atoms with Gasteiger partial charge in [0.1, 0.15) is 0 Å². The average molecular weight is 715 g/mol. The van der Waals surface area contributed by atoms with Crippen molar-refractivity contribution in [2.75, 3.05) is 36.0 Å². The normalized spacial score (nSPS) is 24.3. The summed E-state index contributed by atoms with van der Waals surface area (Å²) < 4.78 is 8.73. The first-order valence-electron chi connectivity index (χ1n) is 17.2. The molecule has 13 heteroatoms. The van der Waals surface area contributed by atoms with E-state index in [0.29, 0.717) is 48.9 Å². The molecular weight excluding hydrogens is 672 g/mol. The third-order valence-corrected chi connectivity index (χ3v) is 13.3. The molecule has 4 heterocycles. The van der Waals surface area contributed by atoms with Crippen LogP contribution < -0.4 is 15.1 Å². The van der Waals surface area contributed by atoms with Crippen LogP contribution in [-0.2, 0) is 33.0 Å². The number of nitrogens with one attached hydrogen (secondary N) is 1. The maximum atomic E-state index is 14.9. The Morgan fingerprint density at radius 2 is 1.90 bits per heavy atom. The van der Waals surface area contributed by atoms with E-state index in [0.717, 1.165) is 22.5 Å². The predicted octanol–water partition coefficient (Wildman–Crippen LogP) is 4.43. The second kappa shape index (κ2) is 13.7. The second-order valence-electron chi connectivity index (χ2n) is 14.1. The molecule has 2 fully saturated rings. The molecule has 3 aliphatic heterocycles. The lowest BCUT2D eigenvalue weighted by atomic mass is 9.82. The Balaban J connectivity index is 1.17. The lowest BCUT2D eigenvalue weighted by molar-refractivity contribution is -0.146. The summed E-state index contributed by atoms with van der Waals surface area (Å²) in [6.45, 7) is 8.04. The van der Waals surface area contributed by atoms with Gasteiger partial charge in [-0.3, -0.25) is 14.3 Å². The number of aryl methyl sites for hydroxylation is 1. The minimum atomic E-state index is -2.89. The highest BCUT2D eigenvalue weighted by atomic mass is 35.5. The molecule has 2 saturated heterocycles. The molecule has 0 bridgehead atoms. The highest BCUT2D eigenvalue weighted by molar-refractivity contribution is 6.71. The highest BCUT2D eigenvalue weighted by Gasteiger charge is 2.66. The third-order valence-electron chi connectivity index (χ3n) is 10.5. The van der Waals surface area contributed by atoms with Crippen LogP contribution in [0.1, 0.15) is 41.6 Å². The van der Waals surface area contributed by atoms with Crippen LogP contribution in [0.4, 0.5) is 11.4 Å². The van der Waals surface area contributed by atoms with E-state index in [2.05, 4.69) is 15.6 Å². The van der Waals surface area contributed by atoms with E-state index in [1.807, 2.05) is 92.9 Å². The molecule has 0 aliphatic carbocycles. The van der Waals surface area contributed by atoms with Crippen LogP contribution in [0.25, 0.3) is 0 Å². The molecule has 4 aromatic rings. The van der Waals surface area contributed by atoms with Crippen molar-refractivity contribution < 1.29 is 24.2 Å². The number of ether oxygens (including phenoxy) is 1. The average Bonchev–Trinajstić information content (AvgIpc) is 3.75. The van der Waals surface area contributed by atoms with Gasteiger partial charge in [-0.15, -0.1) is 5.10 Å². The van der Waals surface area contributed by atoms with Gasteiger partial charge >= 0.3 is 0 Å². The van der Waals surface area contributed by atoms with Gasteiger partial charge in [-0.1, -0.05) is 66.2 Å². The summed E-state index contributed by atoms with van der Waals surface area (Å²) in [7, 11) is -2.89. The number of anilines is 2. The Bertz CT molecular complexity index is 1890. The zero-order valence-electron chi connectivity index (χ0n) is 28.5. The molecule has 2 amide bonds. The molecule has 262 valence electrons. The topological polar surface area (TPSA) is 133 Å². The largest absolute Gasteiger partial charge is 0.432 e. The molecule has 1 unspecified atom stereocenters. The van der Waals surface area contributed by atoms with Crippen molar-refractivity contribution >= 4 is 43.1 Å². The van der Waals surface area contributed by atoms with Gasteiger partial charge in [0.2, 0.25) is 5.91 Å². The van der Waals surface area contributed by atoms with E-state index in [1.54, 1.807) is 20.5 Å². The fourth-order valence-electron chi connectivity index (χ4n) is 8.26. The van der Waals surface area contributed by atoms with Crippen molar-refractivity contribution in [2.45, 2.75) is 62.7 Å². The number of aromatic nitrogens is 3. The van der Waals surface area contributed by atoms with Gasteiger partial charge in [0.05, 0.1) is 43.1 Å². The van der Waals surface area contributed by atoms with E-state index in [-0.39, 0.29) is 42.3 Å². The number of aliphatic hydroxyl groups excluding tert-OH is 1. The molecule has 1 aromatic heterocycles. The lowest BCUT2D eigenvalue weighted by Crippen LogP contribution is -2.48. The molecule has 1 spiro atoms. The number of hydrogen-bond acceptors (Lipinski definition) is 8. The molecule has 3 aromatic carbocycles. The quantitative estimate of drug-likeness (QED) is 0.206. The Morgan fingerprint density at radius 3 is 2.64 bits per heavy atom. The Hall–Kier alpha value is -3.91. The fraction of sp³-hybridized carbons (Fsp3) is 0.405. The number of benzene rings is 3. The smallest absolute Gasteiger partial charge is 0.264 e. The molecule has 7 rings (SSSR count). The highest BCUT2D eigenvalue weighted by Crippen LogP contribution is 2.60. The summed E-state index contributed by atoms with van der Waals surface area (Å²) in [4.78, 5) is 42.7. The summed E-state index contributed by atoms with van der Waals surface area (Å²) in [5, 5.41) is 22.5. The van der Waals surface area contributed by atoms with Crippen molar-refractivity contribution in [3.05, 3.63) is 106 Å². The van der Waals surface area contributed by atoms with Gasteiger partial charge in [-0.25, -0.2) is 0 Å². The zero-order valence-corrected chi connectivity index (χ0v) is 30.3. The Labute approximate surface area is 297 Å². The summed E-state index contributed by atoms with van der Waals surface area (Å²) >= 11 is 6.59. The zero-order chi connectivity index (χ0) is 35.2. The van der Waals surface area contributed by atoms with E-state index < -0.39 is 20.0 Å². The number of rotatable bonds is 10. The number of nitrogens with zero attached hydrogens (tertiary/aromatic N) is 5. The van der Waals surface area contributed by atoms with Crippen LogP contribution >= 0.6 is 11.6 Å². The number of aliphatic hydroxyl groups is 1. The van der Waals surface area contributed by atoms with Gasteiger partial charge in [0.25, 0.3) is 5.91 Å². The standard InChI is InChI=1S/C37H43ClN6O5Si/c1-24-35(50(2,3)48)33(14-16-42-22-31(40-41-42)29(23-45)26-9-5-4-6-10-26)49-37(24)30-19-27(38)12-13-32(30)44(36(37)47)21-25-8-7-11-28(18-25)43-17-15-39-20-34(43)46/h4-13,18-19,22,24,29,33,35,39,45,48H,14-17,20-21,23H2,1-3H3/t24-,29?,33+,35-,37+/m0/s1. The van der Waals surface area contributed by atoms with E-state index in [4.69, 9.17) is 16.3 Å². The minimum Gasteiger partial charge on any atom is -0.432 e. The maximum absolute atomic E-state index is 14.9. The molecule has 0 saturated carbocycles. The first-order chi connectivity index (χ1) is 24.0. The number of piperazine rings is 1. The maximum Gasteiger partial charge on any atom is 0.264 e. The van der Waals surface area contributed by atoms with Crippen LogP contribution in [0.2, 0.25) is 23.7 Å². The second-order valence-corrected chi connectivity index (χ2v) is 18.6. The van der Waals surface area contributed by atoms with E-state index >= 15 is 0 Å². The molecular formula is C37H43ClN6O5Si. The number of carbonyl (C=O) groups is 2. The van der Waals surface area contributed by atoms with Crippen molar-refractivity contribution in [2.24, 2.45) is 5.92 Å². The van der Waals surface area contributed by atoms with Crippen molar-refractivity contribution in [1.29, 1.82) is 0 Å². The van der Waals surface area contributed by atoms with E-state index in [1.165, 1.54) is 0 Å². The van der Waals surface area contributed by atoms with Crippen molar-refractivity contribution in [3.63, 3.8) is 0 Å². The summed E-state index contributed by atoms with van der Waals surface area (Å²) in [5.41, 5.74) is 3.14. The molecule has 0 radical (unpaired) electrons. The molecule has 11 nitrogen and oxygen atoms in total. The van der Waals surface area contributed by atoms with Gasteiger partial charge in [0.15, 0.2) is 13.9 Å². The first kappa shape index (κ1) is 34.5. The summed E-state index contributed by atoms with van der Waals surface area (Å²) in [6.07, 6.45) is 1.90. The Morgan fingerprint density at radius 1 is 1.10 bits per heavy atom. The number of halogens is 1. The van der Waals surface area contributed by atoms with Gasteiger partial charge < -0.3 is 29.8 Å². The third kappa shape index (κ3) is 6.18. The monoisotopic (exact) mass is 714 g/mol. The van der Waals surface area contributed by atoms with Crippen LogP contribution in [0.15, 0.2) is 79.0 Å². The fourth-order valence-corrected chi connectivity index (χ4v) is 11.0. The molecule has 3 aliphatic rings.